The quantitative estimate of drug-likeness (QED) is 0.470. The number of hydrogen-bond acceptors (Lipinski definition) is 1. The standard InChI is InChI=1S/C10H10O/c11-9-5-4-8-10-6-2-1-3-7-10/h1-7,9H,8H2/b5-4+. The van der Waals surface area contributed by atoms with E-state index in [1.54, 1.807) is 0 Å². The Morgan fingerprint density at radius 2 is 1.91 bits per heavy atom. The van der Waals surface area contributed by atoms with Gasteiger partial charge in [-0.3, -0.25) is 4.79 Å². The van der Waals surface area contributed by atoms with Gasteiger partial charge in [-0.05, 0) is 18.1 Å². The second kappa shape index (κ2) is 4.45. The fourth-order valence-corrected chi connectivity index (χ4v) is 0.874. The third-order valence-electron chi connectivity index (χ3n) is 1.41. The first-order valence-corrected chi connectivity index (χ1v) is 3.57. The molecule has 1 aromatic carbocycles. The number of carbonyl (C=O) groups is 1. The van der Waals surface area contributed by atoms with Crippen LogP contribution in [0.3, 0.4) is 0 Å². The van der Waals surface area contributed by atoms with Gasteiger partial charge in [0.15, 0.2) is 0 Å². The zero-order valence-corrected chi connectivity index (χ0v) is 6.23. The van der Waals surface area contributed by atoms with E-state index in [9.17, 15) is 4.79 Å². The lowest BCUT2D eigenvalue weighted by molar-refractivity contribution is -0.104. The molecule has 0 atom stereocenters. The van der Waals surface area contributed by atoms with Crippen molar-refractivity contribution in [3.05, 3.63) is 48.0 Å². The first-order valence-electron chi connectivity index (χ1n) is 3.57. The topological polar surface area (TPSA) is 17.1 Å². The summed E-state index contributed by atoms with van der Waals surface area (Å²) in [5.41, 5.74) is 1.23. The van der Waals surface area contributed by atoms with Crippen LogP contribution in [0.25, 0.3) is 0 Å². The van der Waals surface area contributed by atoms with Crippen LogP contribution in [0.2, 0.25) is 0 Å². The highest BCUT2D eigenvalue weighted by Crippen LogP contribution is 1.99. The van der Waals surface area contributed by atoms with Crippen LogP contribution >= 0.6 is 0 Å². The zero-order valence-electron chi connectivity index (χ0n) is 6.23. The maximum absolute atomic E-state index is 9.91. The normalized spacial score (nSPS) is 10.2. The van der Waals surface area contributed by atoms with E-state index < -0.39 is 0 Å². The molecule has 0 radical (unpaired) electrons. The highest BCUT2D eigenvalue weighted by Gasteiger charge is 1.83. The maximum Gasteiger partial charge on any atom is 0.142 e. The SMILES string of the molecule is O=C/C=C/Cc1ccccc1. The van der Waals surface area contributed by atoms with Crippen molar-refractivity contribution in [2.45, 2.75) is 6.42 Å². The second-order valence-corrected chi connectivity index (χ2v) is 2.25. The minimum absolute atomic E-state index is 0.795. The summed E-state index contributed by atoms with van der Waals surface area (Å²) in [7, 11) is 0. The van der Waals surface area contributed by atoms with Crippen LogP contribution in [0.1, 0.15) is 5.56 Å². The Bertz CT molecular complexity index is 236. The lowest BCUT2D eigenvalue weighted by atomic mass is 10.1. The molecule has 0 amide bonds. The van der Waals surface area contributed by atoms with Crippen molar-refractivity contribution in [3.63, 3.8) is 0 Å². The third kappa shape index (κ3) is 2.80. The first kappa shape index (κ1) is 7.73. The van der Waals surface area contributed by atoms with E-state index in [4.69, 9.17) is 0 Å². The molecular formula is C10H10O. The van der Waals surface area contributed by atoms with Gasteiger partial charge in [0.25, 0.3) is 0 Å². The predicted octanol–water partition coefficient (Wildman–Crippen LogP) is 1.98. The first-order chi connectivity index (χ1) is 5.43. The third-order valence-corrected chi connectivity index (χ3v) is 1.41. The monoisotopic (exact) mass is 146 g/mol. The molecule has 0 aromatic heterocycles. The molecule has 0 aliphatic heterocycles. The summed E-state index contributed by atoms with van der Waals surface area (Å²) in [6, 6.07) is 10.0. The Balaban J connectivity index is 2.51. The van der Waals surface area contributed by atoms with Gasteiger partial charge in [0.2, 0.25) is 0 Å². The zero-order chi connectivity index (χ0) is 7.94. The molecule has 0 fully saturated rings. The molecule has 0 aliphatic rings. The van der Waals surface area contributed by atoms with Gasteiger partial charge in [0, 0.05) is 0 Å². The Hall–Kier alpha value is -1.37. The van der Waals surface area contributed by atoms with Gasteiger partial charge in [-0.15, -0.1) is 0 Å². The fraction of sp³-hybridized carbons (Fsp3) is 0.100. The van der Waals surface area contributed by atoms with E-state index in [2.05, 4.69) is 0 Å². The molecule has 1 nitrogen and oxygen atoms in total. The molecule has 0 heterocycles. The average Bonchev–Trinajstić information content (AvgIpc) is 2.07. The van der Waals surface area contributed by atoms with Gasteiger partial charge in [-0.25, -0.2) is 0 Å². The molecule has 0 bridgehead atoms. The summed E-state index contributed by atoms with van der Waals surface area (Å²) >= 11 is 0. The minimum Gasteiger partial charge on any atom is -0.299 e. The number of rotatable bonds is 3. The smallest absolute Gasteiger partial charge is 0.142 e. The predicted molar refractivity (Wildman–Crippen MR) is 45.4 cm³/mol. The molecule has 56 valence electrons. The molecule has 0 spiro atoms. The molecule has 0 saturated heterocycles. The van der Waals surface area contributed by atoms with E-state index in [0.717, 1.165) is 12.7 Å². The molecule has 0 unspecified atom stereocenters. The van der Waals surface area contributed by atoms with E-state index >= 15 is 0 Å². The number of aldehydes is 1. The summed E-state index contributed by atoms with van der Waals surface area (Å²) in [6.07, 6.45) is 5.00. The number of carbonyl (C=O) groups excluding carboxylic acids is 1. The summed E-state index contributed by atoms with van der Waals surface area (Å²) in [5.74, 6) is 0. The Morgan fingerprint density at radius 1 is 1.18 bits per heavy atom. The van der Waals surface area contributed by atoms with Crippen molar-refractivity contribution < 1.29 is 4.79 Å². The van der Waals surface area contributed by atoms with Crippen molar-refractivity contribution >= 4 is 6.29 Å². The van der Waals surface area contributed by atoms with Crippen LogP contribution in [0.4, 0.5) is 0 Å². The summed E-state index contributed by atoms with van der Waals surface area (Å²) in [4.78, 5) is 9.91. The largest absolute Gasteiger partial charge is 0.299 e. The Labute approximate surface area is 66.4 Å². The van der Waals surface area contributed by atoms with Crippen LogP contribution in [-0.2, 0) is 11.2 Å². The lowest BCUT2D eigenvalue weighted by Crippen LogP contribution is -1.77. The molecule has 0 saturated carbocycles. The molecule has 1 aromatic rings. The van der Waals surface area contributed by atoms with Crippen molar-refractivity contribution in [1.82, 2.24) is 0 Å². The highest BCUT2D eigenvalue weighted by molar-refractivity contribution is 5.64. The van der Waals surface area contributed by atoms with E-state index in [-0.39, 0.29) is 0 Å². The second-order valence-electron chi connectivity index (χ2n) is 2.25. The van der Waals surface area contributed by atoms with E-state index in [1.165, 1.54) is 11.6 Å². The van der Waals surface area contributed by atoms with Crippen molar-refractivity contribution in [2.24, 2.45) is 0 Å². The summed E-state index contributed by atoms with van der Waals surface area (Å²) in [5, 5.41) is 0. The van der Waals surface area contributed by atoms with Gasteiger partial charge >= 0.3 is 0 Å². The van der Waals surface area contributed by atoms with Gasteiger partial charge in [0.1, 0.15) is 6.29 Å². The molecule has 1 rings (SSSR count). The molecule has 11 heavy (non-hydrogen) atoms. The molecular weight excluding hydrogens is 136 g/mol. The van der Waals surface area contributed by atoms with Crippen LogP contribution in [0.5, 0.6) is 0 Å². The maximum atomic E-state index is 9.91. The van der Waals surface area contributed by atoms with Crippen LogP contribution in [0.15, 0.2) is 42.5 Å². The van der Waals surface area contributed by atoms with Crippen LogP contribution in [0, 0.1) is 0 Å². The van der Waals surface area contributed by atoms with Crippen molar-refractivity contribution in [2.75, 3.05) is 0 Å². The average molecular weight is 146 g/mol. The summed E-state index contributed by atoms with van der Waals surface area (Å²) in [6.45, 7) is 0. The van der Waals surface area contributed by atoms with Gasteiger partial charge in [-0.1, -0.05) is 36.4 Å². The van der Waals surface area contributed by atoms with E-state index in [0.29, 0.717) is 0 Å². The molecule has 0 N–H and O–H groups in total. The van der Waals surface area contributed by atoms with Crippen LogP contribution in [-0.4, -0.2) is 6.29 Å². The molecule has 0 aliphatic carbocycles. The highest BCUT2D eigenvalue weighted by atomic mass is 16.1. The number of hydrogen-bond donors (Lipinski definition) is 0. The van der Waals surface area contributed by atoms with Gasteiger partial charge in [-0.2, -0.15) is 0 Å². The van der Waals surface area contributed by atoms with Crippen molar-refractivity contribution in [1.29, 1.82) is 0 Å². The molecule has 1 heteroatoms. The Kier molecular flexibility index (Phi) is 3.13. The summed E-state index contributed by atoms with van der Waals surface area (Å²) < 4.78 is 0. The van der Waals surface area contributed by atoms with Crippen molar-refractivity contribution in [3.8, 4) is 0 Å². The fourth-order valence-electron chi connectivity index (χ4n) is 0.874. The minimum atomic E-state index is 0.795. The lowest BCUT2D eigenvalue weighted by Gasteiger charge is -1.91. The van der Waals surface area contributed by atoms with E-state index in [1.807, 2.05) is 36.4 Å². The van der Waals surface area contributed by atoms with Crippen LogP contribution < -0.4 is 0 Å². The van der Waals surface area contributed by atoms with Gasteiger partial charge < -0.3 is 0 Å². The van der Waals surface area contributed by atoms with Gasteiger partial charge in [0.05, 0.1) is 0 Å². The number of benzene rings is 1. The Morgan fingerprint density at radius 3 is 2.55 bits per heavy atom. The number of allylic oxidation sites excluding steroid dienone is 2.